The number of rotatable bonds is 5. The molecule has 0 bridgehead atoms. The predicted molar refractivity (Wildman–Crippen MR) is 108 cm³/mol. The first-order valence-corrected chi connectivity index (χ1v) is 10.3. The van der Waals surface area contributed by atoms with Gasteiger partial charge in [0.15, 0.2) is 0 Å². The molecule has 2 amide bonds. The zero-order chi connectivity index (χ0) is 23.7. The fourth-order valence-electron chi connectivity index (χ4n) is 4.53. The average Bonchev–Trinajstić information content (AvgIpc) is 3.00. The third-order valence-corrected chi connectivity index (χ3v) is 6.04. The Morgan fingerprint density at radius 2 is 1.75 bits per heavy atom. The van der Waals surface area contributed by atoms with Crippen LogP contribution in [0.15, 0.2) is 35.5 Å². The van der Waals surface area contributed by atoms with Crippen LogP contribution in [0.3, 0.4) is 0 Å². The highest BCUT2D eigenvalue weighted by Crippen LogP contribution is 2.47. The lowest BCUT2D eigenvalue weighted by Crippen LogP contribution is -2.66. The van der Waals surface area contributed by atoms with Crippen molar-refractivity contribution in [2.75, 3.05) is 14.2 Å². The highest BCUT2D eigenvalue weighted by molar-refractivity contribution is 6.12. The minimum absolute atomic E-state index is 0.0252. The molecular weight excluding hydrogens is 429 g/mol. The Labute approximate surface area is 183 Å². The van der Waals surface area contributed by atoms with Crippen molar-refractivity contribution >= 4 is 17.8 Å². The van der Waals surface area contributed by atoms with E-state index in [0.717, 1.165) is 31.3 Å². The van der Waals surface area contributed by atoms with Crippen LogP contribution >= 0.6 is 0 Å². The van der Waals surface area contributed by atoms with Crippen LogP contribution in [-0.2, 0) is 14.3 Å². The number of amides is 2. The fraction of sp³-hybridized carbons (Fsp3) is 0.500. The van der Waals surface area contributed by atoms with E-state index < -0.39 is 41.1 Å². The monoisotopic (exact) mass is 454 g/mol. The molecule has 1 aliphatic carbocycles. The first kappa shape index (κ1) is 23.6. The molecule has 1 aliphatic heterocycles. The highest BCUT2D eigenvalue weighted by atomic mass is 19.4. The average molecular weight is 454 g/mol. The minimum Gasteiger partial charge on any atom is -0.496 e. The van der Waals surface area contributed by atoms with Gasteiger partial charge in [-0.3, -0.25) is 9.59 Å². The number of methoxy groups -OCH3 is 2. The smallest absolute Gasteiger partial charge is 0.425 e. The number of para-hydroxylation sites is 1. The third-order valence-electron chi connectivity index (χ3n) is 6.04. The van der Waals surface area contributed by atoms with Gasteiger partial charge >= 0.3 is 12.1 Å². The van der Waals surface area contributed by atoms with Crippen molar-refractivity contribution in [3.63, 3.8) is 0 Å². The molecule has 0 aromatic heterocycles. The van der Waals surface area contributed by atoms with Gasteiger partial charge in [-0.1, -0.05) is 31.4 Å². The summed E-state index contributed by atoms with van der Waals surface area (Å²) >= 11 is 0. The van der Waals surface area contributed by atoms with E-state index in [1.165, 1.54) is 32.2 Å². The maximum Gasteiger partial charge on any atom is 0.425 e. The van der Waals surface area contributed by atoms with Gasteiger partial charge in [-0.2, -0.15) is 13.2 Å². The van der Waals surface area contributed by atoms with Gasteiger partial charge in [0.2, 0.25) is 0 Å². The molecule has 1 aromatic carbocycles. The van der Waals surface area contributed by atoms with Crippen LogP contribution in [0, 0.1) is 0 Å². The first-order chi connectivity index (χ1) is 15.1. The van der Waals surface area contributed by atoms with Crippen molar-refractivity contribution < 1.29 is 37.0 Å². The third kappa shape index (κ3) is 3.71. The maximum atomic E-state index is 14.7. The van der Waals surface area contributed by atoms with Crippen LogP contribution in [-0.4, -0.2) is 54.7 Å². The van der Waals surface area contributed by atoms with Gasteiger partial charge in [0, 0.05) is 11.7 Å². The van der Waals surface area contributed by atoms with Crippen molar-refractivity contribution in [1.82, 2.24) is 10.2 Å². The quantitative estimate of drug-likeness (QED) is 0.690. The molecule has 1 saturated carbocycles. The molecule has 174 valence electrons. The summed E-state index contributed by atoms with van der Waals surface area (Å²) in [6.07, 6.45) is -1.88. The molecule has 1 heterocycles. The number of hydrogen-bond donors (Lipinski definition) is 1. The van der Waals surface area contributed by atoms with Gasteiger partial charge in [0.25, 0.3) is 17.4 Å². The molecule has 1 N–H and O–H groups in total. The molecular formula is C22H25F3N2O5. The standard InChI is InChI=1S/C22H25F3N2O5/c1-13-17(19(29)32-3)21(22(23,24)25,20(30)27(13)14-9-5-4-6-10-14)26-18(28)15-11-7-8-12-16(15)31-2/h7-8,11-12,14H,4-6,9-10H2,1-3H3,(H,26,28)/t21-/m1/s1. The van der Waals surface area contributed by atoms with Crippen LogP contribution in [0.25, 0.3) is 0 Å². The Bertz CT molecular complexity index is 953. The van der Waals surface area contributed by atoms with E-state index in [-0.39, 0.29) is 17.0 Å². The number of allylic oxidation sites excluding steroid dienone is 1. The van der Waals surface area contributed by atoms with Crippen molar-refractivity contribution in [3.05, 3.63) is 41.1 Å². The second-order valence-corrected chi connectivity index (χ2v) is 7.82. The van der Waals surface area contributed by atoms with E-state index in [9.17, 15) is 27.6 Å². The van der Waals surface area contributed by atoms with E-state index in [1.54, 1.807) is 6.07 Å². The Kier molecular flexibility index (Phi) is 6.52. The van der Waals surface area contributed by atoms with Crippen LogP contribution in [0.4, 0.5) is 13.2 Å². The normalized spacial score (nSPS) is 22.2. The lowest BCUT2D eigenvalue weighted by molar-refractivity contribution is -0.193. The minimum atomic E-state index is -5.31. The second kappa shape index (κ2) is 8.84. The Balaban J connectivity index is 2.16. The molecule has 2 aliphatic rings. The number of nitrogens with zero attached hydrogens (tertiary/aromatic N) is 1. The van der Waals surface area contributed by atoms with Gasteiger partial charge in [-0.15, -0.1) is 0 Å². The second-order valence-electron chi connectivity index (χ2n) is 7.82. The number of halogens is 3. The van der Waals surface area contributed by atoms with E-state index in [4.69, 9.17) is 4.74 Å². The Morgan fingerprint density at radius 3 is 2.31 bits per heavy atom. The fourth-order valence-corrected chi connectivity index (χ4v) is 4.53. The molecule has 10 heteroatoms. The number of esters is 1. The molecule has 1 aromatic rings. The number of carbonyl (C=O) groups is 3. The van der Waals surface area contributed by atoms with Gasteiger partial charge in [-0.05, 0) is 31.9 Å². The Morgan fingerprint density at radius 1 is 1.12 bits per heavy atom. The number of nitrogens with one attached hydrogen (secondary N) is 1. The highest BCUT2D eigenvalue weighted by Gasteiger charge is 2.71. The molecule has 0 unspecified atom stereocenters. The van der Waals surface area contributed by atoms with Crippen LogP contribution < -0.4 is 10.1 Å². The number of carbonyl (C=O) groups excluding carboxylic acids is 3. The van der Waals surface area contributed by atoms with Crippen molar-refractivity contribution in [2.24, 2.45) is 0 Å². The number of benzene rings is 1. The first-order valence-electron chi connectivity index (χ1n) is 10.3. The summed E-state index contributed by atoms with van der Waals surface area (Å²) in [7, 11) is 2.20. The predicted octanol–water partition coefficient (Wildman–Crippen LogP) is 3.35. The molecule has 0 spiro atoms. The van der Waals surface area contributed by atoms with Crippen LogP contribution in [0.5, 0.6) is 5.75 Å². The van der Waals surface area contributed by atoms with Gasteiger partial charge in [0.05, 0.1) is 19.8 Å². The zero-order valence-corrected chi connectivity index (χ0v) is 18.0. The summed E-state index contributed by atoms with van der Waals surface area (Å²) in [6, 6.07) is 5.17. The summed E-state index contributed by atoms with van der Waals surface area (Å²) in [5.41, 5.74) is -4.86. The number of hydrogen-bond acceptors (Lipinski definition) is 5. The molecule has 7 nitrogen and oxygen atoms in total. The van der Waals surface area contributed by atoms with Gasteiger partial charge in [-0.25, -0.2) is 4.79 Å². The molecule has 32 heavy (non-hydrogen) atoms. The van der Waals surface area contributed by atoms with Crippen molar-refractivity contribution in [2.45, 2.75) is 56.8 Å². The van der Waals surface area contributed by atoms with E-state index in [2.05, 4.69) is 4.74 Å². The van der Waals surface area contributed by atoms with E-state index in [1.807, 2.05) is 5.32 Å². The molecule has 0 saturated heterocycles. The lowest BCUT2D eigenvalue weighted by Gasteiger charge is -2.36. The summed E-state index contributed by atoms with van der Waals surface area (Å²) in [4.78, 5) is 40.0. The summed E-state index contributed by atoms with van der Waals surface area (Å²) in [6.45, 7) is 1.28. The topological polar surface area (TPSA) is 84.9 Å². The van der Waals surface area contributed by atoms with Crippen LogP contribution in [0.1, 0.15) is 49.4 Å². The molecule has 3 rings (SSSR count). The molecule has 1 atom stereocenters. The van der Waals surface area contributed by atoms with Crippen molar-refractivity contribution in [3.8, 4) is 5.75 Å². The summed E-state index contributed by atoms with van der Waals surface area (Å²) < 4.78 is 53.6. The number of alkyl halides is 3. The van der Waals surface area contributed by atoms with Crippen LogP contribution in [0.2, 0.25) is 0 Å². The van der Waals surface area contributed by atoms with Gasteiger partial charge < -0.3 is 19.7 Å². The number of ether oxygens (including phenoxy) is 2. The maximum absolute atomic E-state index is 14.7. The van der Waals surface area contributed by atoms with Gasteiger partial charge in [0.1, 0.15) is 11.3 Å². The summed E-state index contributed by atoms with van der Waals surface area (Å²) in [5, 5.41) is 1.84. The largest absolute Gasteiger partial charge is 0.496 e. The SMILES string of the molecule is COC(=O)C1=C(C)N(C2CCCCC2)C(=O)[C@@]1(NC(=O)c1ccccc1OC)C(F)(F)F. The summed E-state index contributed by atoms with van der Waals surface area (Å²) in [5.74, 6) is -3.91. The molecule has 0 radical (unpaired) electrons. The lowest BCUT2D eigenvalue weighted by atomic mass is 9.88. The molecule has 1 fully saturated rings. The van der Waals surface area contributed by atoms with Crippen molar-refractivity contribution in [1.29, 1.82) is 0 Å². The van der Waals surface area contributed by atoms with E-state index in [0.29, 0.717) is 12.8 Å². The zero-order valence-electron chi connectivity index (χ0n) is 18.0. The van der Waals surface area contributed by atoms with E-state index >= 15 is 0 Å². The Hall–Kier alpha value is -3.04.